The number of nitrogens with one attached hydrogen (secondary N) is 2. The van der Waals surface area contributed by atoms with E-state index in [9.17, 15) is 4.79 Å². The zero-order valence-corrected chi connectivity index (χ0v) is 12.9. The Labute approximate surface area is 124 Å². The van der Waals surface area contributed by atoms with E-state index >= 15 is 0 Å². The third-order valence-electron chi connectivity index (χ3n) is 3.08. The van der Waals surface area contributed by atoms with E-state index in [0.29, 0.717) is 5.92 Å². The number of thiophene rings is 1. The first-order valence-electron chi connectivity index (χ1n) is 6.74. The van der Waals surface area contributed by atoms with Crippen LogP contribution in [-0.2, 0) is 11.3 Å². The van der Waals surface area contributed by atoms with Gasteiger partial charge in [-0.1, -0.05) is 32.0 Å². The molecule has 0 spiro atoms. The molecule has 1 amide bonds. The first kappa shape index (κ1) is 14.6. The molecule has 2 rings (SSSR count). The van der Waals surface area contributed by atoms with E-state index in [-0.39, 0.29) is 5.91 Å². The number of carbonyl (C=O) groups is 1. The summed E-state index contributed by atoms with van der Waals surface area (Å²) in [4.78, 5) is 12.3. The van der Waals surface area contributed by atoms with Gasteiger partial charge in [-0.2, -0.15) is 0 Å². The number of carbonyl (C=O) groups excluding carboxylic acids is 1. The SMILES string of the molecule is CC(=O)Nc1ccsc1CNc1ccccc1C(C)C. The van der Waals surface area contributed by atoms with Crippen LogP contribution in [0.25, 0.3) is 0 Å². The Morgan fingerprint density at radius 3 is 2.65 bits per heavy atom. The summed E-state index contributed by atoms with van der Waals surface area (Å²) >= 11 is 1.65. The van der Waals surface area contributed by atoms with Crippen LogP contribution in [0, 0.1) is 0 Å². The van der Waals surface area contributed by atoms with E-state index in [1.54, 1.807) is 11.3 Å². The lowest BCUT2D eigenvalue weighted by molar-refractivity contribution is -0.114. The Bertz CT molecular complexity index is 590. The van der Waals surface area contributed by atoms with Crippen LogP contribution < -0.4 is 10.6 Å². The summed E-state index contributed by atoms with van der Waals surface area (Å²) in [6.07, 6.45) is 0. The second-order valence-electron chi connectivity index (χ2n) is 5.03. The fourth-order valence-corrected chi connectivity index (χ4v) is 2.89. The smallest absolute Gasteiger partial charge is 0.221 e. The fourth-order valence-electron chi connectivity index (χ4n) is 2.12. The van der Waals surface area contributed by atoms with Crippen molar-refractivity contribution >= 4 is 28.6 Å². The summed E-state index contributed by atoms with van der Waals surface area (Å²) in [6.45, 7) is 6.63. The number of benzene rings is 1. The molecule has 0 saturated heterocycles. The highest BCUT2D eigenvalue weighted by Crippen LogP contribution is 2.27. The monoisotopic (exact) mass is 288 g/mol. The Morgan fingerprint density at radius 1 is 1.20 bits per heavy atom. The highest BCUT2D eigenvalue weighted by atomic mass is 32.1. The maximum absolute atomic E-state index is 11.2. The summed E-state index contributed by atoms with van der Waals surface area (Å²) < 4.78 is 0. The van der Waals surface area contributed by atoms with E-state index in [4.69, 9.17) is 0 Å². The molecule has 3 nitrogen and oxygen atoms in total. The van der Waals surface area contributed by atoms with Gasteiger partial charge in [-0.3, -0.25) is 4.79 Å². The summed E-state index contributed by atoms with van der Waals surface area (Å²) in [6, 6.07) is 10.3. The molecule has 0 saturated carbocycles. The third kappa shape index (κ3) is 3.61. The van der Waals surface area contributed by atoms with Crippen molar-refractivity contribution in [3.05, 3.63) is 46.2 Å². The van der Waals surface area contributed by atoms with Crippen LogP contribution in [0.5, 0.6) is 0 Å². The molecule has 0 fully saturated rings. The zero-order chi connectivity index (χ0) is 14.5. The standard InChI is InChI=1S/C16H20N2OS/c1-11(2)13-6-4-5-7-14(13)17-10-16-15(8-9-20-16)18-12(3)19/h4-9,11,17H,10H2,1-3H3,(H,18,19). The van der Waals surface area contributed by atoms with Gasteiger partial charge in [0.05, 0.1) is 12.2 Å². The molecule has 0 unspecified atom stereocenters. The van der Waals surface area contributed by atoms with Gasteiger partial charge >= 0.3 is 0 Å². The minimum Gasteiger partial charge on any atom is -0.380 e. The first-order valence-corrected chi connectivity index (χ1v) is 7.62. The van der Waals surface area contributed by atoms with Gasteiger partial charge in [-0.05, 0) is 29.0 Å². The van der Waals surface area contributed by atoms with Gasteiger partial charge in [0.1, 0.15) is 0 Å². The Balaban J connectivity index is 2.09. The topological polar surface area (TPSA) is 41.1 Å². The minimum atomic E-state index is -0.0350. The normalized spacial score (nSPS) is 10.6. The van der Waals surface area contributed by atoms with Gasteiger partial charge in [0.15, 0.2) is 0 Å². The van der Waals surface area contributed by atoms with Crippen molar-refractivity contribution < 1.29 is 4.79 Å². The van der Waals surface area contributed by atoms with Crippen molar-refractivity contribution in [1.29, 1.82) is 0 Å². The second kappa shape index (κ2) is 6.57. The lowest BCUT2D eigenvalue weighted by Gasteiger charge is -2.14. The highest BCUT2D eigenvalue weighted by Gasteiger charge is 2.08. The van der Waals surface area contributed by atoms with Crippen LogP contribution in [0.2, 0.25) is 0 Å². The molecule has 20 heavy (non-hydrogen) atoms. The average molecular weight is 288 g/mol. The van der Waals surface area contributed by atoms with E-state index in [0.717, 1.165) is 22.8 Å². The van der Waals surface area contributed by atoms with Gasteiger partial charge in [-0.25, -0.2) is 0 Å². The van der Waals surface area contributed by atoms with Crippen molar-refractivity contribution in [2.45, 2.75) is 33.2 Å². The lowest BCUT2D eigenvalue weighted by atomic mass is 10.0. The van der Waals surface area contributed by atoms with Crippen molar-refractivity contribution in [1.82, 2.24) is 0 Å². The summed E-state index contributed by atoms with van der Waals surface area (Å²) in [7, 11) is 0. The molecule has 1 aromatic heterocycles. The number of amides is 1. The van der Waals surface area contributed by atoms with Crippen LogP contribution in [0.4, 0.5) is 11.4 Å². The van der Waals surface area contributed by atoms with Gasteiger partial charge in [0, 0.05) is 17.5 Å². The van der Waals surface area contributed by atoms with Crippen molar-refractivity contribution in [2.75, 3.05) is 10.6 Å². The van der Waals surface area contributed by atoms with Gasteiger partial charge in [0.2, 0.25) is 5.91 Å². The molecule has 2 N–H and O–H groups in total. The number of hydrogen-bond donors (Lipinski definition) is 2. The molecule has 0 atom stereocenters. The molecule has 0 bridgehead atoms. The van der Waals surface area contributed by atoms with Crippen LogP contribution >= 0.6 is 11.3 Å². The van der Waals surface area contributed by atoms with E-state index < -0.39 is 0 Å². The van der Waals surface area contributed by atoms with Gasteiger partial charge < -0.3 is 10.6 Å². The number of rotatable bonds is 5. The second-order valence-corrected chi connectivity index (χ2v) is 6.03. The van der Waals surface area contributed by atoms with E-state index in [1.807, 2.05) is 17.5 Å². The Kier molecular flexibility index (Phi) is 4.79. The number of hydrogen-bond acceptors (Lipinski definition) is 3. The van der Waals surface area contributed by atoms with Crippen LogP contribution in [-0.4, -0.2) is 5.91 Å². The molecular formula is C16H20N2OS. The summed E-state index contributed by atoms with van der Waals surface area (Å²) in [5.74, 6) is 0.448. The first-order chi connectivity index (χ1) is 9.58. The predicted molar refractivity (Wildman–Crippen MR) is 86.5 cm³/mol. The van der Waals surface area contributed by atoms with E-state index in [2.05, 4.69) is 42.7 Å². The summed E-state index contributed by atoms with van der Waals surface area (Å²) in [5, 5.41) is 8.32. The van der Waals surface area contributed by atoms with Crippen molar-refractivity contribution in [2.24, 2.45) is 0 Å². The van der Waals surface area contributed by atoms with Crippen LogP contribution in [0.1, 0.15) is 37.1 Å². The van der Waals surface area contributed by atoms with Gasteiger partial charge in [0.25, 0.3) is 0 Å². The average Bonchev–Trinajstić information content (AvgIpc) is 2.83. The van der Waals surface area contributed by atoms with Crippen LogP contribution in [0.15, 0.2) is 35.7 Å². The van der Waals surface area contributed by atoms with Gasteiger partial charge in [-0.15, -0.1) is 11.3 Å². The molecule has 4 heteroatoms. The quantitative estimate of drug-likeness (QED) is 0.854. The molecule has 0 radical (unpaired) electrons. The number of anilines is 2. The lowest BCUT2D eigenvalue weighted by Crippen LogP contribution is -2.08. The molecule has 2 aromatic rings. The largest absolute Gasteiger partial charge is 0.380 e. The van der Waals surface area contributed by atoms with E-state index in [1.165, 1.54) is 12.5 Å². The molecule has 1 aromatic carbocycles. The molecule has 1 heterocycles. The van der Waals surface area contributed by atoms with Crippen molar-refractivity contribution in [3.63, 3.8) is 0 Å². The molecular weight excluding hydrogens is 268 g/mol. The maximum atomic E-state index is 11.2. The molecule has 0 aliphatic carbocycles. The number of para-hydroxylation sites is 1. The third-order valence-corrected chi connectivity index (χ3v) is 4.00. The molecule has 106 valence electrons. The summed E-state index contributed by atoms with van der Waals surface area (Å²) in [5.41, 5.74) is 3.37. The Morgan fingerprint density at radius 2 is 1.95 bits per heavy atom. The predicted octanol–water partition coefficient (Wildman–Crippen LogP) is 4.44. The molecule has 0 aliphatic heterocycles. The maximum Gasteiger partial charge on any atom is 0.221 e. The van der Waals surface area contributed by atoms with Crippen molar-refractivity contribution in [3.8, 4) is 0 Å². The molecule has 0 aliphatic rings. The fraction of sp³-hybridized carbons (Fsp3) is 0.312. The van der Waals surface area contributed by atoms with Crippen LogP contribution in [0.3, 0.4) is 0 Å². The highest BCUT2D eigenvalue weighted by molar-refractivity contribution is 7.10. The Hall–Kier alpha value is -1.81. The zero-order valence-electron chi connectivity index (χ0n) is 12.1. The minimum absolute atomic E-state index is 0.0350.